The van der Waals surface area contributed by atoms with E-state index < -0.39 is 0 Å². The van der Waals surface area contributed by atoms with Gasteiger partial charge in [-0.2, -0.15) is 0 Å². The van der Waals surface area contributed by atoms with Crippen molar-refractivity contribution in [2.45, 2.75) is 20.3 Å². The van der Waals surface area contributed by atoms with Gasteiger partial charge in [-0.25, -0.2) is 4.98 Å². The first-order valence-corrected chi connectivity index (χ1v) is 9.72. The average molecular weight is 372 g/mol. The predicted octanol–water partition coefficient (Wildman–Crippen LogP) is 2.28. The molecule has 6 nitrogen and oxygen atoms in total. The van der Waals surface area contributed by atoms with Gasteiger partial charge < -0.3 is 16.0 Å². The highest BCUT2D eigenvalue weighted by Gasteiger charge is 2.29. The first kappa shape index (κ1) is 18.5. The summed E-state index contributed by atoms with van der Waals surface area (Å²) in [5.41, 5.74) is 3.03. The number of amides is 2. The van der Waals surface area contributed by atoms with Crippen LogP contribution in [0.25, 0.3) is 11.3 Å². The summed E-state index contributed by atoms with van der Waals surface area (Å²) < 4.78 is 0. The van der Waals surface area contributed by atoms with Crippen molar-refractivity contribution < 1.29 is 9.59 Å². The standard InChI is InChI=1S/C19H24N4O2S/c1-12(16-9-20-10-16)18(25)23-19-22-17(11-26-19)15-5-3-14(4-6-15)7-8-21-13(2)24/h3-6,11-12,16,20H,7-10H2,1-2H3,(H,21,24)(H,22,23,25). The van der Waals surface area contributed by atoms with E-state index in [1.165, 1.54) is 18.3 Å². The monoisotopic (exact) mass is 372 g/mol. The van der Waals surface area contributed by atoms with E-state index in [0.717, 1.165) is 36.3 Å². The van der Waals surface area contributed by atoms with Gasteiger partial charge in [0, 0.05) is 30.3 Å². The van der Waals surface area contributed by atoms with E-state index in [4.69, 9.17) is 0 Å². The van der Waals surface area contributed by atoms with Gasteiger partial charge in [0.1, 0.15) is 0 Å². The Morgan fingerprint density at radius 3 is 2.65 bits per heavy atom. The molecule has 1 aliphatic heterocycles. The average Bonchev–Trinajstić information content (AvgIpc) is 3.02. The fourth-order valence-electron chi connectivity index (χ4n) is 2.79. The van der Waals surface area contributed by atoms with Crippen LogP contribution < -0.4 is 16.0 Å². The Balaban J connectivity index is 1.56. The van der Waals surface area contributed by atoms with Crippen LogP contribution in [-0.2, 0) is 16.0 Å². The Morgan fingerprint density at radius 1 is 1.31 bits per heavy atom. The number of hydrogen-bond donors (Lipinski definition) is 3. The fraction of sp³-hybridized carbons (Fsp3) is 0.421. The molecule has 26 heavy (non-hydrogen) atoms. The first-order chi connectivity index (χ1) is 12.5. The maximum Gasteiger partial charge on any atom is 0.229 e. The van der Waals surface area contributed by atoms with E-state index >= 15 is 0 Å². The Morgan fingerprint density at radius 2 is 2.04 bits per heavy atom. The predicted molar refractivity (Wildman–Crippen MR) is 104 cm³/mol. The second kappa shape index (κ2) is 8.42. The molecule has 2 aromatic rings. The zero-order valence-electron chi connectivity index (χ0n) is 15.0. The number of nitrogens with one attached hydrogen (secondary N) is 3. The van der Waals surface area contributed by atoms with Crippen molar-refractivity contribution in [3.05, 3.63) is 35.2 Å². The summed E-state index contributed by atoms with van der Waals surface area (Å²) in [6.45, 7) is 5.94. The summed E-state index contributed by atoms with van der Waals surface area (Å²) in [5.74, 6) is 0.429. The normalized spacial score (nSPS) is 15.2. The lowest BCUT2D eigenvalue weighted by Gasteiger charge is -2.31. The van der Waals surface area contributed by atoms with Crippen LogP contribution in [0.4, 0.5) is 5.13 Å². The molecule has 0 aliphatic carbocycles. The van der Waals surface area contributed by atoms with Crippen LogP contribution in [-0.4, -0.2) is 36.4 Å². The van der Waals surface area contributed by atoms with Crippen LogP contribution in [0.15, 0.2) is 29.6 Å². The van der Waals surface area contributed by atoms with Crippen LogP contribution in [0.2, 0.25) is 0 Å². The van der Waals surface area contributed by atoms with E-state index in [9.17, 15) is 9.59 Å². The van der Waals surface area contributed by atoms with Crippen LogP contribution in [0.5, 0.6) is 0 Å². The second-order valence-corrected chi connectivity index (χ2v) is 7.52. The van der Waals surface area contributed by atoms with E-state index in [1.54, 1.807) is 0 Å². The topological polar surface area (TPSA) is 83.1 Å². The highest BCUT2D eigenvalue weighted by Crippen LogP contribution is 2.26. The lowest BCUT2D eigenvalue weighted by atomic mass is 9.88. The van der Waals surface area contributed by atoms with Gasteiger partial charge in [-0.1, -0.05) is 31.2 Å². The van der Waals surface area contributed by atoms with E-state index in [1.807, 2.05) is 36.6 Å². The molecular weight excluding hydrogens is 348 g/mol. The maximum absolute atomic E-state index is 12.3. The van der Waals surface area contributed by atoms with Crippen molar-refractivity contribution in [1.82, 2.24) is 15.6 Å². The summed E-state index contributed by atoms with van der Waals surface area (Å²) >= 11 is 1.44. The molecule has 0 saturated carbocycles. The molecule has 3 N–H and O–H groups in total. The minimum absolute atomic E-state index is 0.00787. The van der Waals surface area contributed by atoms with Gasteiger partial charge in [0.15, 0.2) is 5.13 Å². The lowest BCUT2D eigenvalue weighted by Crippen LogP contribution is -2.48. The molecule has 0 spiro atoms. The molecule has 1 aromatic carbocycles. The minimum atomic E-state index is -0.0124. The summed E-state index contributed by atoms with van der Waals surface area (Å²) in [7, 11) is 0. The van der Waals surface area contributed by atoms with E-state index in [0.29, 0.717) is 17.6 Å². The molecule has 1 atom stereocenters. The largest absolute Gasteiger partial charge is 0.356 e. The third-order valence-corrected chi connectivity index (χ3v) is 5.46. The molecule has 1 aromatic heterocycles. The minimum Gasteiger partial charge on any atom is -0.356 e. The third kappa shape index (κ3) is 4.68. The zero-order chi connectivity index (χ0) is 18.5. The van der Waals surface area contributed by atoms with Crippen LogP contribution >= 0.6 is 11.3 Å². The number of thiazole rings is 1. The smallest absolute Gasteiger partial charge is 0.229 e. The van der Waals surface area contributed by atoms with Crippen molar-refractivity contribution in [3.8, 4) is 11.3 Å². The molecule has 3 rings (SSSR count). The molecule has 2 amide bonds. The van der Waals surface area contributed by atoms with Gasteiger partial charge in [-0.15, -0.1) is 11.3 Å². The molecular formula is C19H24N4O2S. The second-order valence-electron chi connectivity index (χ2n) is 6.66. The maximum atomic E-state index is 12.3. The quantitative estimate of drug-likeness (QED) is 0.696. The van der Waals surface area contributed by atoms with Gasteiger partial charge in [0.2, 0.25) is 11.8 Å². The summed E-state index contributed by atoms with van der Waals surface area (Å²) in [6, 6.07) is 8.12. The fourth-order valence-corrected chi connectivity index (χ4v) is 3.51. The van der Waals surface area contributed by atoms with Gasteiger partial charge >= 0.3 is 0 Å². The number of rotatable bonds is 7. The van der Waals surface area contributed by atoms with Gasteiger partial charge in [-0.05, 0) is 31.0 Å². The lowest BCUT2D eigenvalue weighted by molar-refractivity contribution is -0.121. The number of hydrogen-bond acceptors (Lipinski definition) is 5. The molecule has 138 valence electrons. The highest BCUT2D eigenvalue weighted by molar-refractivity contribution is 7.14. The Kier molecular flexibility index (Phi) is 6.00. The van der Waals surface area contributed by atoms with E-state index in [2.05, 4.69) is 20.9 Å². The molecule has 1 aliphatic rings. The van der Waals surface area contributed by atoms with Crippen LogP contribution in [0, 0.1) is 11.8 Å². The van der Waals surface area contributed by atoms with Crippen molar-refractivity contribution in [2.75, 3.05) is 25.0 Å². The van der Waals surface area contributed by atoms with Gasteiger partial charge in [0.25, 0.3) is 0 Å². The van der Waals surface area contributed by atoms with Gasteiger partial charge in [0.05, 0.1) is 5.69 Å². The summed E-state index contributed by atoms with van der Waals surface area (Å²) in [4.78, 5) is 27.7. The first-order valence-electron chi connectivity index (χ1n) is 8.84. The van der Waals surface area contributed by atoms with E-state index in [-0.39, 0.29) is 17.7 Å². The molecule has 7 heteroatoms. The highest BCUT2D eigenvalue weighted by atomic mass is 32.1. The summed E-state index contributed by atoms with van der Waals surface area (Å²) in [6.07, 6.45) is 0.798. The number of benzene rings is 1. The molecule has 0 radical (unpaired) electrons. The molecule has 1 unspecified atom stereocenters. The number of nitrogens with zero attached hydrogens (tertiary/aromatic N) is 1. The number of anilines is 1. The third-order valence-electron chi connectivity index (χ3n) is 4.71. The van der Waals surface area contributed by atoms with Crippen molar-refractivity contribution in [2.24, 2.45) is 11.8 Å². The molecule has 1 fully saturated rings. The number of carbonyl (C=O) groups is 2. The van der Waals surface area contributed by atoms with Crippen molar-refractivity contribution >= 4 is 28.3 Å². The van der Waals surface area contributed by atoms with Gasteiger partial charge in [-0.3, -0.25) is 9.59 Å². The number of aromatic nitrogens is 1. The Hall–Kier alpha value is -2.25. The van der Waals surface area contributed by atoms with Crippen molar-refractivity contribution in [1.29, 1.82) is 0 Å². The Bertz CT molecular complexity index is 768. The molecule has 2 heterocycles. The number of carbonyl (C=O) groups excluding carboxylic acids is 2. The summed E-state index contributed by atoms with van der Waals surface area (Å²) in [5, 5.41) is 11.5. The SMILES string of the molecule is CC(=O)NCCc1ccc(-c2csc(NC(=O)C(C)C3CNC3)n2)cc1. The zero-order valence-corrected chi connectivity index (χ0v) is 15.9. The molecule has 1 saturated heterocycles. The Labute approximate surface area is 157 Å². The van der Waals surface area contributed by atoms with Crippen LogP contribution in [0.3, 0.4) is 0 Å². The van der Waals surface area contributed by atoms with Crippen LogP contribution in [0.1, 0.15) is 19.4 Å². The van der Waals surface area contributed by atoms with Crippen molar-refractivity contribution in [3.63, 3.8) is 0 Å². The molecule has 0 bridgehead atoms.